The molecule has 0 aliphatic carbocycles. The summed E-state index contributed by atoms with van der Waals surface area (Å²) in [5.74, 6) is 0.425. The molecule has 0 aliphatic heterocycles. The summed E-state index contributed by atoms with van der Waals surface area (Å²) in [6.07, 6.45) is 0.426. The minimum Gasteiger partial charge on any atom is -0.494 e. The second-order valence-electron chi connectivity index (χ2n) is 4.54. The van der Waals surface area contributed by atoms with Crippen LogP contribution in [0.1, 0.15) is 30.5 Å². The first kappa shape index (κ1) is 15.5. The van der Waals surface area contributed by atoms with Crippen molar-refractivity contribution in [3.8, 4) is 5.75 Å². The lowest BCUT2D eigenvalue weighted by Gasteiger charge is -2.16. The van der Waals surface area contributed by atoms with E-state index < -0.39 is 6.04 Å². The number of rotatable bonds is 6. The van der Waals surface area contributed by atoms with Gasteiger partial charge in [0.1, 0.15) is 11.8 Å². The minimum atomic E-state index is -0.652. The van der Waals surface area contributed by atoms with Gasteiger partial charge < -0.3 is 15.2 Å². The third-order valence-electron chi connectivity index (χ3n) is 3.01. The molecule has 1 unspecified atom stereocenters. The first-order chi connectivity index (χ1) is 8.99. The Morgan fingerprint density at radius 2 is 1.84 bits per heavy atom. The zero-order chi connectivity index (χ0) is 14.4. The second kappa shape index (κ2) is 7.14. The minimum absolute atomic E-state index is 0.345. The van der Waals surface area contributed by atoms with Gasteiger partial charge >= 0.3 is 5.97 Å². The van der Waals surface area contributed by atoms with Crippen LogP contribution in [-0.4, -0.2) is 25.2 Å². The fourth-order valence-corrected chi connectivity index (χ4v) is 1.87. The van der Waals surface area contributed by atoms with Gasteiger partial charge in [0.15, 0.2) is 0 Å². The number of hydrogen-bond acceptors (Lipinski definition) is 4. The number of hydrogen-bond donors (Lipinski definition) is 1. The summed E-state index contributed by atoms with van der Waals surface area (Å²) in [5, 5.41) is 0. The molecule has 0 amide bonds. The maximum absolute atomic E-state index is 11.6. The van der Waals surface area contributed by atoms with Crippen molar-refractivity contribution in [1.82, 2.24) is 0 Å². The Morgan fingerprint density at radius 1 is 1.21 bits per heavy atom. The van der Waals surface area contributed by atoms with Gasteiger partial charge in [-0.25, -0.2) is 0 Å². The van der Waals surface area contributed by atoms with E-state index in [1.54, 1.807) is 6.92 Å². The molecule has 4 heteroatoms. The summed E-state index contributed by atoms with van der Waals surface area (Å²) in [6.45, 7) is 8.70. The fraction of sp³-hybridized carbons (Fsp3) is 0.533. The zero-order valence-electron chi connectivity index (χ0n) is 12.2. The number of esters is 1. The van der Waals surface area contributed by atoms with Gasteiger partial charge in [0, 0.05) is 6.42 Å². The van der Waals surface area contributed by atoms with Crippen LogP contribution in [0.4, 0.5) is 0 Å². The van der Waals surface area contributed by atoms with Gasteiger partial charge in [-0.05, 0) is 50.5 Å². The summed E-state index contributed by atoms with van der Waals surface area (Å²) in [7, 11) is 0. The number of benzene rings is 1. The van der Waals surface area contributed by atoms with E-state index in [4.69, 9.17) is 15.2 Å². The molecule has 1 aromatic carbocycles. The van der Waals surface area contributed by atoms with Crippen molar-refractivity contribution in [1.29, 1.82) is 0 Å². The third-order valence-corrected chi connectivity index (χ3v) is 3.01. The molecular formula is C15H23NO3. The molecular weight excluding hydrogens is 242 g/mol. The first-order valence-electron chi connectivity index (χ1n) is 6.64. The Hall–Kier alpha value is -1.55. The number of carbonyl (C=O) groups excluding carboxylic acids is 1. The zero-order valence-corrected chi connectivity index (χ0v) is 12.2. The molecule has 1 atom stereocenters. The molecule has 0 aliphatic rings. The summed E-state index contributed by atoms with van der Waals surface area (Å²) in [5.41, 5.74) is 9.13. The second-order valence-corrected chi connectivity index (χ2v) is 4.54. The normalized spacial score (nSPS) is 12.1. The highest BCUT2D eigenvalue weighted by molar-refractivity contribution is 5.76. The lowest BCUT2D eigenvalue weighted by Crippen LogP contribution is -2.34. The Kier molecular flexibility index (Phi) is 5.83. The smallest absolute Gasteiger partial charge is 0.323 e. The highest BCUT2D eigenvalue weighted by atomic mass is 16.5. The lowest BCUT2D eigenvalue weighted by atomic mass is 10.00. The molecule has 1 aromatic rings. The summed E-state index contributed by atoms with van der Waals surface area (Å²) < 4.78 is 10.5. The van der Waals surface area contributed by atoms with E-state index >= 15 is 0 Å². The van der Waals surface area contributed by atoms with Crippen LogP contribution in [0.25, 0.3) is 0 Å². The fourth-order valence-electron chi connectivity index (χ4n) is 1.87. The van der Waals surface area contributed by atoms with E-state index in [2.05, 4.69) is 0 Å². The largest absolute Gasteiger partial charge is 0.494 e. The van der Waals surface area contributed by atoms with E-state index in [9.17, 15) is 4.79 Å². The Labute approximate surface area is 114 Å². The van der Waals surface area contributed by atoms with Crippen LogP contribution in [0.15, 0.2) is 12.1 Å². The molecule has 19 heavy (non-hydrogen) atoms. The van der Waals surface area contributed by atoms with Crippen LogP contribution in [0.3, 0.4) is 0 Å². The topological polar surface area (TPSA) is 61.5 Å². The average Bonchev–Trinajstić information content (AvgIpc) is 2.36. The SMILES string of the molecule is CCOC(=O)C(N)Cc1cc(C)c(C)cc1OCC. The number of carbonyl (C=O) groups is 1. The monoisotopic (exact) mass is 265 g/mol. The van der Waals surface area contributed by atoms with Gasteiger partial charge in [0.05, 0.1) is 13.2 Å². The molecule has 0 saturated heterocycles. The summed E-state index contributed by atoms with van der Waals surface area (Å²) in [6, 6.07) is 3.37. The highest BCUT2D eigenvalue weighted by Crippen LogP contribution is 2.24. The van der Waals surface area contributed by atoms with Crippen molar-refractivity contribution in [2.45, 2.75) is 40.2 Å². The Balaban J connectivity index is 2.92. The van der Waals surface area contributed by atoms with E-state index in [1.165, 1.54) is 0 Å². The van der Waals surface area contributed by atoms with E-state index in [-0.39, 0.29) is 5.97 Å². The maximum atomic E-state index is 11.6. The van der Waals surface area contributed by atoms with Crippen LogP contribution in [0.5, 0.6) is 5.75 Å². The molecule has 0 fully saturated rings. The van der Waals surface area contributed by atoms with E-state index in [0.29, 0.717) is 19.6 Å². The van der Waals surface area contributed by atoms with Gasteiger partial charge in [-0.15, -0.1) is 0 Å². The third kappa shape index (κ3) is 4.24. The highest BCUT2D eigenvalue weighted by Gasteiger charge is 2.18. The van der Waals surface area contributed by atoms with Crippen molar-refractivity contribution in [2.24, 2.45) is 5.73 Å². The molecule has 2 N–H and O–H groups in total. The van der Waals surface area contributed by atoms with E-state index in [1.807, 2.05) is 32.9 Å². The van der Waals surface area contributed by atoms with Crippen molar-refractivity contribution in [3.05, 3.63) is 28.8 Å². The molecule has 106 valence electrons. The van der Waals surface area contributed by atoms with Gasteiger partial charge in [-0.3, -0.25) is 4.79 Å². The maximum Gasteiger partial charge on any atom is 0.323 e. The number of aryl methyl sites for hydroxylation is 2. The quantitative estimate of drug-likeness (QED) is 0.800. The molecule has 0 radical (unpaired) electrons. The van der Waals surface area contributed by atoms with Gasteiger partial charge in [0.2, 0.25) is 0 Å². The van der Waals surface area contributed by atoms with Crippen LogP contribution >= 0.6 is 0 Å². The van der Waals surface area contributed by atoms with Gasteiger partial charge in [-0.1, -0.05) is 6.07 Å². The molecule has 1 rings (SSSR count). The van der Waals surface area contributed by atoms with Crippen LogP contribution in [0.2, 0.25) is 0 Å². The van der Waals surface area contributed by atoms with Crippen LogP contribution < -0.4 is 10.5 Å². The molecule has 4 nitrogen and oxygen atoms in total. The Morgan fingerprint density at radius 3 is 2.42 bits per heavy atom. The first-order valence-corrected chi connectivity index (χ1v) is 6.64. The van der Waals surface area contributed by atoms with Crippen LogP contribution in [0, 0.1) is 13.8 Å². The number of ether oxygens (including phenoxy) is 2. The Bertz CT molecular complexity index is 443. The average molecular weight is 265 g/mol. The van der Waals surface area contributed by atoms with Crippen molar-refractivity contribution in [3.63, 3.8) is 0 Å². The predicted molar refractivity (Wildman–Crippen MR) is 75.4 cm³/mol. The molecule has 0 aromatic heterocycles. The molecule has 0 bridgehead atoms. The predicted octanol–water partition coefficient (Wildman–Crippen LogP) is 2.14. The van der Waals surface area contributed by atoms with E-state index in [0.717, 1.165) is 22.4 Å². The standard InChI is InChI=1S/C15H23NO3/c1-5-18-14-8-11(4)10(3)7-12(14)9-13(16)15(17)19-6-2/h7-8,13H,5-6,9,16H2,1-4H3. The van der Waals surface area contributed by atoms with Crippen molar-refractivity contribution >= 4 is 5.97 Å². The number of nitrogens with two attached hydrogens (primary N) is 1. The molecule has 0 heterocycles. The summed E-state index contributed by atoms with van der Waals surface area (Å²) in [4.78, 5) is 11.6. The van der Waals surface area contributed by atoms with Gasteiger partial charge in [-0.2, -0.15) is 0 Å². The van der Waals surface area contributed by atoms with Crippen molar-refractivity contribution < 1.29 is 14.3 Å². The lowest BCUT2D eigenvalue weighted by molar-refractivity contribution is -0.144. The summed E-state index contributed by atoms with van der Waals surface area (Å²) >= 11 is 0. The molecule has 0 spiro atoms. The van der Waals surface area contributed by atoms with Crippen LogP contribution in [-0.2, 0) is 16.0 Å². The van der Waals surface area contributed by atoms with Gasteiger partial charge in [0.25, 0.3) is 0 Å². The van der Waals surface area contributed by atoms with Crippen molar-refractivity contribution in [2.75, 3.05) is 13.2 Å². The molecule has 0 saturated carbocycles.